The number of nitrogens with zero attached hydrogens (tertiary/aromatic N) is 2. The number of hydrogen-bond acceptors (Lipinski definition) is 3. The van der Waals surface area contributed by atoms with Gasteiger partial charge in [0.2, 0.25) is 0 Å². The van der Waals surface area contributed by atoms with E-state index in [4.69, 9.17) is 11.6 Å². The Morgan fingerprint density at radius 2 is 2.15 bits per heavy atom. The second kappa shape index (κ2) is 6.62. The topological polar surface area (TPSA) is 52.0 Å². The molecule has 0 aliphatic heterocycles. The summed E-state index contributed by atoms with van der Waals surface area (Å²) in [7, 11) is -2.92. The fraction of sp³-hybridized carbons (Fsp3) is 0.462. The predicted octanol–water partition coefficient (Wildman–Crippen LogP) is 2.86. The van der Waals surface area contributed by atoms with Crippen molar-refractivity contribution >= 4 is 55.1 Å². The molecule has 0 atom stereocenters. The Morgan fingerprint density at radius 1 is 1.40 bits per heavy atom. The summed E-state index contributed by atoms with van der Waals surface area (Å²) in [6, 6.07) is 6.09. The van der Waals surface area contributed by atoms with Gasteiger partial charge in [0.1, 0.15) is 15.7 Å². The zero-order valence-electron chi connectivity index (χ0n) is 11.1. The molecule has 7 heteroatoms. The van der Waals surface area contributed by atoms with Crippen LogP contribution in [0.1, 0.15) is 12.2 Å². The molecule has 1 aromatic carbocycles. The summed E-state index contributed by atoms with van der Waals surface area (Å²) in [4.78, 5) is 4.60. The third kappa shape index (κ3) is 4.08. The average molecular weight is 427 g/mol. The third-order valence-electron chi connectivity index (χ3n) is 3.00. The first-order valence-electron chi connectivity index (χ1n) is 6.29. The second-order valence-electron chi connectivity index (χ2n) is 4.74. The van der Waals surface area contributed by atoms with E-state index >= 15 is 0 Å². The Bertz CT molecular complexity index is 712. The van der Waals surface area contributed by atoms with Crippen molar-refractivity contribution in [3.8, 4) is 0 Å². The fourth-order valence-corrected chi connectivity index (χ4v) is 3.46. The van der Waals surface area contributed by atoms with Gasteiger partial charge in [0.15, 0.2) is 0 Å². The summed E-state index contributed by atoms with van der Waals surface area (Å²) in [5, 5.41) is 0. The molecular weight excluding hydrogens is 411 g/mol. The van der Waals surface area contributed by atoms with Gasteiger partial charge in [-0.05, 0) is 47.2 Å². The van der Waals surface area contributed by atoms with Gasteiger partial charge in [-0.3, -0.25) is 0 Å². The van der Waals surface area contributed by atoms with Gasteiger partial charge in [-0.15, -0.1) is 11.6 Å². The molecule has 0 saturated carbocycles. The highest BCUT2D eigenvalue weighted by molar-refractivity contribution is 14.1. The van der Waals surface area contributed by atoms with Crippen LogP contribution in [0.2, 0.25) is 0 Å². The van der Waals surface area contributed by atoms with E-state index in [1.54, 1.807) is 0 Å². The lowest BCUT2D eigenvalue weighted by Crippen LogP contribution is -2.10. The van der Waals surface area contributed by atoms with Crippen LogP contribution >= 0.6 is 34.2 Å². The first-order valence-corrected chi connectivity index (χ1v) is 9.96. The Labute approximate surface area is 137 Å². The first-order chi connectivity index (χ1) is 9.40. The van der Waals surface area contributed by atoms with Crippen LogP contribution in [-0.4, -0.2) is 35.9 Å². The lowest BCUT2D eigenvalue weighted by Gasteiger charge is -2.08. The van der Waals surface area contributed by atoms with E-state index < -0.39 is 9.84 Å². The molecule has 1 aromatic heterocycles. The van der Waals surface area contributed by atoms with Crippen molar-refractivity contribution in [2.24, 2.45) is 0 Å². The minimum Gasteiger partial charge on any atom is -0.328 e. The van der Waals surface area contributed by atoms with E-state index in [0.29, 0.717) is 25.3 Å². The molecule has 0 bridgehead atoms. The van der Waals surface area contributed by atoms with Crippen LogP contribution in [0.5, 0.6) is 0 Å². The number of rotatable bonds is 6. The van der Waals surface area contributed by atoms with Crippen molar-refractivity contribution < 1.29 is 8.42 Å². The highest BCUT2D eigenvalue weighted by Gasteiger charge is 2.11. The third-order valence-corrected chi connectivity index (χ3v) is 4.89. The van der Waals surface area contributed by atoms with Crippen molar-refractivity contribution in [2.45, 2.75) is 19.4 Å². The smallest absolute Gasteiger partial charge is 0.147 e. The molecule has 0 fully saturated rings. The van der Waals surface area contributed by atoms with Gasteiger partial charge in [-0.25, -0.2) is 13.4 Å². The van der Waals surface area contributed by atoms with E-state index in [1.165, 1.54) is 6.26 Å². The van der Waals surface area contributed by atoms with Crippen LogP contribution in [0.15, 0.2) is 18.2 Å². The molecule has 4 nitrogen and oxygen atoms in total. The number of imidazole rings is 1. The quantitative estimate of drug-likeness (QED) is 0.527. The highest BCUT2D eigenvalue weighted by Crippen LogP contribution is 2.20. The summed E-state index contributed by atoms with van der Waals surface area (Å²) in [5.41, 5.74) is 1.98. The highest BCUT2D eigenvalue weighted by atomic mass is 127. The van der Waals surface area contributed by atoms with Crippen LogP contribution in [0.3, 0.4) is 0 Å². The maximum absolute atomic E-state index is 11.2. The molecule has 110 valence electrons. The number of halogens is 2. The van der Waals surface area contributed by atoms with Crippen LogP contribution in [-0.2, 0) is 22.8 Å². The van der Waals surface area contributed by atoms with Crippen molar-refractivity contribution in [1.82, 2.24) is 9.55 Å². The number of sulfone groups is 1. The monoisotopic (exact) mass is 426 g/mol. The fourth-order valence-electron chi connectivity index (χ4n) is 2.16. The van der Waals surface area contributed by atoms with Crippen molar-refractivity contribution in [2.75, 3.05) is 17.9 Å². The number of aromatic nitrogens is 2. The number of alkyl halides is 1. The molecule has 0 N–H and O–H groups in total. The minimum absolute atomic E-state index is 0.192. The van der Waals surface area contributed by atoms with Crippen LogP contribution in [0.4, 0.5) is 0 Å². The summed E-state index contributed by atoms with van der Waals surface area (Å²) >= 11 is 8.08. The van der Waals surface area contributed by atoms with Gasteiger partial charge in [-0.1, -0.05) is 0 Å². The number of fused-ring (bicyclic) bond motifs is 1. The van der Waals surface area contributed by atoms with Gasteiger partial charge in [0.05, 0.1) is 16.8 Å². The molecule has 0 aliphatic carbocycles. The number of aryl methyl sites for hydroxylation is 2. The van der Waals surface area contributed by atoms with Crippen molar-refractivity contribution in [3.05, 3.63) is 27.6 Å². The summed E-state index contributed by atoms with van der Waals surface area (Å²) in [6.07, 6.45) is 2.54. The van der Waals surface area contributed by atoms with Gasteiger partial charge < -0.3 is 4.57 Å². The Morgan fingerprint density at radius 3 is 2.80 bits per heavy atom. The van der Waals surface area contributed by atoms with Gasteiger partial charge >= 0.3 is 0 Å². The summed E-state index contributed by atoms with van der Waals surface area (Å²) < 4.78 is 25.7. The predicted molar refractivity (Wildman–Crippen MR) is 91.2 cm³/mol. The van der Waals surface area contributed by atoms with Gasteiger partial charge in [0, 0.05) is 28.7 Å². The Hall–Kier alpha value is -0.340. The van der Waals surface area contributed by atoms with Crippen LogP contribution < -0.4 is 0 Å². The normalized spacial score (nSPS) is 12.2. The maximum atomic E-state index is 11.2. The van der Waals surface area contributed by atoms with E-state index in [2.05, 4.69) is 32.1 Å². The molecule has 0 radical (unpaired) electrons. The largest absolute Gasteiger partial charge is 0.328 e. The maximum Gasteiger partial charge on any atom is 0.147 e. The first kappa shape index (κ1) is 16.0. The molecule has 0 amide bonds. The van der Waals surface area contributed by atoms with Crippen molar-refractivity contribution in [1.29, 1.82) is 0 Å². The lowest BCUT2D eigenvalue weighted by atomic mass is 10.3. The summed E-state index contributed by atoms with van der Waals surface area (Å²) in [5.74, 6) is 1.62. The van der Waals surface area contributed by atoms with Crippen LogP contribution in [0.25, 0.3) is 11.0 Å². The molecule has 0 aliphatic rings. The zero-order chi connectivity index (χ0) is 14.8. The molecular formula is C13H16ClIN2O2S. The minimum atomic E-state index is -2.92. The Balaban J connectivity index is 2.31. The lowest BCUT2D eigenvalue weighted by molar-refractivity contribution is 0.590. The molecule has 1 heterocycles. The SMILES string of the molecule is CS(=O)(=O)CCCn1c(CCCl)nc2cc(I)ccc21. The van der Waals surface area contributed by atoms with E-state index in [1.807, 2.05) is 18.2 Å². The van der Waals surface area contributed by atoms with E-state index in [9.17, 15) is 8.42 Å². The van der Waals surface area contributed by atoms with E-state index in [-0.39, 0.29) is 5.75 Å². The average Bonchev–Trinajstić information content (AvgIpc) is 2.65. The van der Waals surface area contributed by atoms with Gasteiger partial charge in [-0.2, -0.15) is 0 Å². The molecule has 2 aromatic rings. The van der Waals surface area contributed by atoms with E-state index in [0.717, 1.165) is 20.4 Å². The zero-order valence-corrected chi connectivity index (χ0v) is 14.9. The molecule has 0 unspecified atom stereocenters. The second-order valence-corrected chi connectivity index (χ2v) is 8.62. The molecule has 20 heavy (non-hydrogen) atoms. The van der Waals surface area contributed by atoms with Crippen LogP contribution in [0, 0.1) is 3.57 Å². The molecule has 0 saturated heterocycles. The molecule has 2 rings (SSSR count). The molecule has 0 spiro atoms. The van der Waals surface area contributed by atoms with Crippen molar-refractivity contribution in [3.63, 3.8) is 0 Å². The van der Waals surface area contributed by atoms with Gasteiger partial charge in [0.25, 0.3) is 0 Å². The standard InChI is InChI=1S/C13H16ClIN2O2S/c1-20(18,19)8-2-7-17-12-4-3-10(15)9-11(12)16-13(17)5-6-14/h3-4,9H,2,5-8H2,1H3. The number of hydrogen-bond donors (Lipinski definition) is 0. The Kier molecular flexibility index (Phi) is 5.30. The summed E-state index contributed by atoms with van der Waals surface area (Å²) in [6.45, 7) is 0.649. The number of benzene rings is 1.